The molecule has 1 aromatic rings. The molecule has 2 rings (SSSR count). The van der Waals surface area contributed by atoms with E-state index in [2.05, 4.69) is 37.9 Å². The van der Waals surface area contributed by atoms with Crippen LogP contribution in [0.3, 0.4) is 0 Å². The number of urea groups is 1. The predicted octanol–water partition coefficient (Wildman–Crippen LogP) is 3.53. The van der Waals surface area contributed by atoms with Crippen molar-refractivity contribution in [3.05, 3.63) is 24.3 Å². The van der Waals surface area contributed by atoms with Crippen LogP contribution in [0.15, 0.2) is 24.3 Å². The molecule has 0 radical (unpaired) electrons. The van der Waals surface area contributed by atoms with Gasteiger partial charge in [0.1, 0.15) is 5.75 Å². The molecule has 2 amide bonds. The number of nitrogens with one attached hydrogen (secondary N) is 1. The number of amides is 2. The van der Waals surface area contributed by atoms with E-state index in [0.29, 0.717) is 17.9 Å². The van der Waals surface area contributed by atoms with Crippen LogP contribution in [0.2, 0.25) is 0 Å². The average Bonchev–Trinajstić information content (AvgIpc) is 2.45. The Bertz CT molecular complexity index is 512. The molecule has 0 aliphatic carbocycles. The molecule has 5 nitrogen and oxygen atoms in total. The second-order valence-corrected chi connectivity index (χ2v) is 7.46. The number of carbonyl (C=O) groups excluding carboxylic acids is 1. The minimum Gasteiger partial charge on any atom is -0.497 e. The molecule has 1 saturated heterocycles. The summed E-state index contributed by atoms with van der Waals surface area (Å²) >= 11 is 0. The highest BCUT2D eigenvalue weighted by Gasteiger charge is 2.35. The normalized spacial score (nSPS) is 15.1. The van der Waals surface area contributed by atoms with Crippen LogP contribution in [0.5, 0.6) is 5.75 Å². The maximum absolute atomic E-state index is 12.3. The Morgan fingerprint density at radius 1 is 1.17 bits per heavy atom. The van der Waals surface area contributed by atoms with Crippen LogP contribution in [0.1, 0.15) is 27.7 Å². The van der Waals surface area contributed by atoms with E-state index in [1.807, 2.05) is 29.2 Å². The average molecular weight is 333 g/mol. The molecule has 1 aromatic carbocycles. The lowest BCUT2D eigenvalue weighted by Crippen LogP contribution is -2.62. The van der Waals surface area contributed by atoms with Crippen molar-refractivity contribution in [1.29, 1.82) is 0 Å². The van der Waals surface area contributed by atoms with Crippen LogP contribution >= 0.6 is 0 Å². The molecule has 24 heavy (non-hydrogen) atoms. The highest BCUT2D eigenvalue weighted by Crippen LogP contribution is 2.20. The van der Waals surface area contributed by atoms with Crippen LogP contribution < -0.4 is 10.1 Å². The third-order valence-electron chi connectivity index (χ3n) is 4.21. The zero-order valence-corrected chi connectivity index (χ0v) is 15.6. The molecule has 0 spiro atoms. The van der Waals surface area contributed by atoms with Crippen LogP contribution in [0.4, 0.5) is 10.5 Å². The third kappa shape index (κ3) is 5.13. The van der Waals surface area contributed by atoms with Crippen LogP contribution in [0.25, 0.3) is 0 Å². The lowest BCUT2D eigenvalue weighted by molar-refractivity contribution is 0.0464. The molecular weight excluding hydrogens is 302 g/mol. The van der Waals surface area contributed by atoms with Crippen molar-refractivity contribution in [2.24, 2.45) is 11.8 Å². The zero-order valence-electron chi connectivity index (χ0n) is 15.6. The largest absolute Gasteiger partial charge is 0.497 e. The van der Waals surface area contributed by atoms with Gasteiger partial charge < -0.3 is 15.0 Å². The fraction of sp³-hybridized carbons (Fsp3) is 0.632. The Hall–Kier alpha value is -1.75. The van der Waals surface area contributed by atoms with Gasteiger partial charge in [0.15, 0.2) is 0 Å². The van der Waals surface area contributed by atoms with E-state index < -0.39 is 0 Å². The molecule has 0 atom stereocenters. The van der Waals surface area contributed by atoms with E-state index in [1.54, 1.807) is 7.11 Å². The number of methoxy groups -OCH3 is 1. The number of rotatable bonds is 7. The number of hydrogen-bond acceptors (Lipinski definition) is 3. The molecule has 1 fully saturated rings. The van der Waals surface area contributed by atoms with Gasteiger partial charge >= 0.3 is 6.03 Å². The lowest BCUT2D eigenvalue weighted by Gasteiger charge is -2.46. The first-order chi connectivity index (χ1) is 11.4. The first kappa shape index (κ1) is 18.6. The van der Waals surface area contributed by atoms with Crippen LogP contribution in [-0.4, -0.2) is 55.2 Å². The molecule has 0 saturated carbocycles. The molecule has 0 bridgehead atoms. The maximum atomic E-state index is 12.3. The van der Waals surface area contributed by atoms with E-state index in [-0.39, 0.29) is 6.03 Å². The lowest BCUT2D eigenvalue weighted by atomic mass is 10.0. The van der Waals surface area contributed by atoms with E-state index in [1.165, 1.54) is 0 Å². The van der Waals surface area contributed by atoms with Gasteiger partial charge in [-0.15, -0.1) is 0 Å². The Kier molecular flexibility index (Phi) is 6.49. The zero-order chi connectivity index (χ0) is 17.7. The van der Waals surface area contributed by atoms with Gasteiger partial charge in [-0.05, 0) is 36.1 Å². The summed E-state index contributed by atoms with van der Waals surface area (Å²) in [7, 11) is 1.63. The number of hydrogen-bond donors (Lipinski definition) is 1. The Morgan fingerprint density at radius 3 is 2.17 bits per heavy atom. The van der Waals surface area contributed by atoms with Gasteiger partial charge in [0.2, 0.25) is 0 Å². The first-order valence-electron chi connectivity index (χ1n) is 8.83. The summed E-state index contributed by atoms with van der Waals surface area (Å²) in [5, 5.41) is 2.95. The summed E-state index contributed by atoms with van der Waals surface area (Å²) in [6.45, 7) is 12.8. The van der Waals surface area contributed by atoms with Crippen LogP contribution in [0, 0.1) is 11.8 Å². The van der Waals surface area contributed by atoms with Gasteiger partial charge in [-0.2, -0.15) is 0 Å². The number of anilines is 1. The third-order valence-corrected chi connectivity index (χ3v) is 4.21. The van der Waals surface area contributed by atoms with Crippen molar-refractivity contribution in [2.75, 3.05) is 38.6 Å². The smallest absolute Gasteiger partial charge is 0.321 e. The standard InChI is InChI=1S/C19H31N3O2/c1-14(2)10-21(11-15(3)4)17-12-22(13-17)19(23)20-16-6-8-18(24-5)9-7-16/h6-9,14-15,17H,10-13H2,1-5H3,(H,20,23). The molecule has 1 N–H and O–H groups in total. The summed E-state index contributed by atoms with van der Waals surface area (Å²) < 4.78 is 5.13. The van der Waals surface area contributed by atoms with Gasteiger partial charge in [0, 0.05) is 37.9 Å². The monoisotopic (exact) mass is 333 g/mol. The molecule has 1 heterocycles. The van der Waals surface area contributed by atoms with E-state index in [9.17, 15) is 4.79 Å². The van der Waals surface area contributed by atoms with Crippen molar-refractivity contribution >= 4 is 11.7 Å². The minimum absolute atomic E-state index is 0.0227. The van der Waals surface area contributed by atoms with Gasteiger partial charge in [-0.1, -0.05) is 27.7 Å². The summed E-state index contributed by atoms with van der Waals surface area (Å²) in [6, 6.07) is 7.88. The van der Waals surface area contributed by atoms with Gasteiger partial charge in [0.05, 0.1) is 7.11 Å². The van der Waals surface area contributed by atoms with E-state index >= 15 is 0 Å². The van der Waals surface area contributed by atoms with Crippen LogP contribution in [-0.2, 0) is 0 Å². The van der Waals surface area contributed by atoms with Gasteiger partial charge in [-0.3, -0.25) is 4.90 Å². The highest BCUT2D eigenvalue weighted by atomic mass is 16.5. The Balaban J connectivity index is 1.83. The van der Waals surface area contributed by atoms with Gasteiger partial charge in [0.25, 0.3) is 0 Å². The first-order valence-corrected chi connectivity index (χ1v) is 8.83. The van der Waals surface area contributed by atoms with E-state index in [0.717, 1.165) is 37.6 Å². The molecule has 134 valence electrons. The fourth-order valence-electron chi connectivity index (χ4n) is 3.04. The topological polar surface area (TPSA) is 44.8 Å². The summed E-state index contributed by atoms with van der Waals surface area (Å²) in [5.41, 5.74) is 0.797. The maximum Gasteiger partial charge on any atom is 0.321 e. The number of benzene rings is 1. The quantitative estimate of drug-likeness (QED) is 0.830. The number of ether oxygens (including phenoxy) is 1. The predicted molar refractivity (Wildman–Crippen MR) is 98.6 cm³/mol. The number of likely N-dealkylation sites (tertiary alicyclic amines) is 1. The fourth-order valence-corrected chi connectivity index (χ4v) is 3.04. The molecule has 0 unspecified atom stereocenters. The Morgan fingerprint density at radius 2 is 1.71 bits per heavy atom. The second kappa shape index (κ2) is 8.38. The molecule has 1 aliphatic rings. The van der Waals surface area contributed by atoms with Crippen molar-refractivity contribution < 1.29 is 9.53 Å². The second-order valence-electron chi connectivity index (χ2n) is 7.46. The molecule has 0 aromatic heterocycles. The number of carbonyl (C=O) groups is 1. The summed E-state index contributed by atoms with van der Waals surface area (Å²) in [6.07, 6.45) is 0. The highest BCUT2D eigenvalue weighted by molar-refractivity contribution is 5.90. The Labute approximate surface area is 146 Å². The molecule has 5 heteroatoms. The molecule has 1 aliphatic heterocycles. The van der Waals surface area contributed by atoms with Crippen molar-refractivity contribution in [1.82, 2.24) is 9.80 Å². The number of nitrogens with zero attached hydrogens (tertiary/aromatic N) is 2. The van der Waals surface area contributed by atoms with Crippen molar-refractivity contribution in [3.63, 3.8) is 0 Å². The summed E-state index contributed by atoms with van der Waals surface area (Å²) in [5.74, 6) is 2.08. The minimum atomic E-state index is -0.0227. The SMILES string of the molecule is COc1ccc(NC(=O)N2CC(N(CC(C)C)CC(C)C)C2)cc1. The van der Waals surface area contributed by atoms with Crippen molar-refractivity contribution in [3.8, 4) is 5.75 Å². The molecular formula is C19H31N3O2. The van der Waals surface area contributed by atoms with E-state index in [4.69, 9.17) is 4.74 Å². The summed E-state index contributed by atoms with van der Waals surface area (Å²) in [4.78, 5) is 16.7. The van der Waals surface area contributed by atoms with Gasteiger partial charge in [-0.25, -0.2) is 4.79 Å². The van der Waals surface area contributed by atoms with Crippen molar-refractivity contribution in [2.45, 2.75) is 33.7 Å².